The summed E-state index contributed by atoms with van der Waals surface area (Å²) in [4.78, 5) is 6.84. The van der Waals surface area contributed by atoms with E-state index in [-0.39, 0.29) is 12.4 Å². The van der Waals surface area contributed by atoms with E-state index in [2.05, 4.69) is 27.0 Å². The van der Waals surface area contributed by atoms with Gasteiger partial charge in [-0.1, -0.05) is 25.3 Å². The lowest BCUT2D eigenvalue weighted by Gasteiger charge is -2.45. The molecule has 1 aromatic rings. The highest BCUT2D eigenvalue weighted by atomic mass is 32.2. The third-order valence-electron chi connectivity index (χ3n) is 5.26. The molecular weight excluding hydrogens is 337 g/mol. The average Bonchev–Trinajstić information content (AvgIpc) is 2.64. The predicted molar refractivity (Wildman–Crippen MR) is 102 cm³/mol. The number of aliphatic hydroxyl groups excluding tert-OH is 1. The van der Waals surface area contributed by atoms with E-state index in [0.717, 1.165) is 30.4 Å². The number of guanidine groups is 1. The Morgan fingerprint density at radius 3 is 2.88 bits per heavy atom. The van der Waals surface area contributed by atoms with Crippen LogP contribution in [0.4, 0.5) is 4.39 Å². The fraction of sp³-hybridized carbons (Fsp3) is 0.632. The molecule has 0 unspecified atom stereocenters. The third kappa shape index (κ3) is 4.47. The summed E-state index contributed by atoms with van der Waals surface area (Å²) >= 11 is 2.15. The number of nitrogens with zero attached hydrogens (tertiary/aromatic N) is 2. The minimum atomic E-state index is -0.358. The van der Waals surface area contributed by atoms with Crippen LogP contribution in [0.15, 0.2) is 23.2 Å². The molecule has 2 fully saturated rings. The van der Waals surface area contributed by atoms with Crippen molar-refractivity contribution in [2.75, 3.05) is 25.9 Å². The van der Waals surface area contributed by atoms with Gasteiger partial charge in [0.05, 0.1) is 6.61 Å². The van der Waals surface area contributed by atoms with E-state index in [4.69, 9.17) is 0 Å². The molecule has 1 aliphatic heterocycles. The van der Waals surface area contributed by atoms with E-state index in [1.807, 2.05) is 7.05 Å². The SMILES string of the molecule is CN=C(NCc1ccc(F)c(CO)c1)N1CCSC2(CCCCC2)C1. The molecule has 1 spiro atoms. The van der Waals surface area contributed by atoms with Crippen molar-refractivity contribution in [3.8, 4) is 0 Å². The first kappa shape index (κ1) is 18.5. The van der Waals surface area contributed by atoms with Crippen molar-refractivity contribution in [2.24, 2.45) is 4.99 Å². The van der Waals surface area contributed by atoms with Gasteiger partial charge in [-0.05, 0) is 30.5 Å². The lowest BCUT2D eigenvalue weighted by Crippen LogP contribution is -2.53. The summed E-state index contributed by atoms with van der Waals surface area (Å²) < 4.78 is 13.9. The number of hydrogen-bond donors (Lipinski definition) is 2. The van der Waals surface area contributed by atoms with Gasteiger partial charge in [-0.3, -0.25) is 4.99 Å². The molecule has 2 aliphatic rings. The van der Waals surface area contributed by atoms with Crippen LogP contribution in [-0.4, -0.2) is 46.6 Å². The molecule has 1 aliphatic carbocycles. The van der Waals surface area contributed by atoms with Gasteiger partial charge in [-0.15, -0.1) is 0 Å². The topological polar surface area (TPSA) is 47.9 Å². The Labute approximate surface area is 153 Å². The summed E-state index contributed by atoms with van der Waals surface area (Å²) in [5.74, 6) is 1.70. The van der Waals surface area contributed by atoms with Crippen LogP contribution in [0.3, 0.4) is 0 Å². The first-order valence-corrected chi connectivity index (χ1v) is 10.1. The van der Waals surface area contributed by atoms with Crippen LogP contribution in [0, 0.1) is 5.82 Å². The predicted octanol–water partition coefficient (Wildman–Crippen LogP) is 3.15. The first-order chi connectivity index (χ1) is 12.2. The molecule has 0 atom stereocenters. The van der Waals surface area contributed by atoms with Gasteiger partial charge < -0.3 is 15.3 Å². The Balaban J connectivity index is 1.62. The van der Waals surface area contributed by atoms with Crippen molar-refractivity contribution in [1.82, 2.24) is 10.2 Å². The molecule has 0 amide bonds. The van der Waals surface area contributed by atoms with Gasteiger partial charge in [-0.2, -0.15) is 11.8 Å². The van der Waals surface area contributed by atoms with E-state index >= 15 is 0 Å². The zero-order valence-corrected chi connectivity index (χ0v) is 15.7. The van der Waals surface area contributed by atoms with E-state index in [0.29, 0.717) is 16.9 Å². The largest absolute Gasteiger partial charge is 0.392 e. The Bertz CT molecular complexity index is 611. The van der Waals surface area contributed by atoms with Crippen LogP contribution in [0.1, 0.15) is 43.2 Å². The number of benzene rings is 1. The normalized spacial score (nSPS) is 20.8. The molecule has 4 nitrogen and oxygen atoms in total. The minimum Gasteiger partial charge on any atom is -0.392 e. The molecule has 0 radical (unpaired) electrons. The summed E-state index contributed by atoms with van der Waals surface area (Å²) in [5.41, 5.74) is 1.29. The van der Waals surface area contributed by atoms with Crippen molar-refractivity contribution >= 4 is 17.7 Å². The lowest BCUT2D eigenvalue weighted by atomic mass is 9.87. The van der Waals surface area contributed by atoms with Crippen LogP contribution < -0.4 is 5.32 Å². The van der Waals surface area contributed by atoms with E-state index < -0.39 is 0 Å². The molecular formula is C19H28FN3OS. The fourth-order valence-corrected chi connectivity index (χ4v) is 5.47. The molecule has 2 N–H and O–H groups in total. The van der Waals surface area contributed by atoms with E-state index in [1.165, 1.54) is 38.2 Å². The standard InChI is InChI=1S/C19H28FN3OS/c1-21-18(22-12-15-5-6-17(20)16(11-15)13-24)23-9-10-25-19(14-23)7-3-2-4-8-19/h5-6,11,24H,2-4,7-10,12-14H2,1H3,(H,21,22). The summed E-state index contributed by atoms with van der Waals surface area (Å²) in [5, 5.41) is 12.6. The van der Waals surface area contributed by atoms with Crippen LogP contribution in [-0.2, 0) is 13.2 Å². The Morgan fingerprint density at radius 1 is 1.36 bits per heavy atom. The molecule has 1 saturated heterocycles. The lowest BCUT2D eigenvalue weighted by molar-refractivity contribution is 0.275. The van der Waals surface area contributed by atoms with Crippen molar-refractivity contribution in [3.63, 3.8) is 0 Å². The van der Waals surface area contributed by atoms with Gasteiger partial charge >= 0.3 is 0 Å². The highest BCUT2D eigenvalue weighted by Gasteiger charge is 2.38. The fourth-order valence-electron chi connectivity index (χ4n) is 3.90. The van der Waals surface area contributed by atoms with Crippen LogP contribution in [0.25, 0.3) is 0 Å². The van der Waals surface area contributed by atoms with E-state index in [9.17, 15) is 9.50 Å². The molecule has 0 bridgehead atoms. The van der Waals surface area contributed by atoms with Crippen molar-refractivity contribution in [1.29, 1.82) is 0 Å². The first-order valence-electron chi connectivity index (χ1n) is 9.13. The van der Waals surface area contributed by atoms with Crippen LogP contribution >= 0.6 is 11.8 Å². The minimum absolute atomic E-state index is 0.278. The molecule has 6 heteroatoms. The number of thioether (sulfide) groups is 1. The second-order valence-corrected chi connectivity index (χ2v) is 8.56. The summed E-state index contributed by atoms with van der Waals surface area (Å²) in [7, 11) is 1.82. The summed E-state index contributed by atoms with van der Waals surface area (Å²) in [6.45, 7) is 2.37. The second-order valence-electron chi connectivity index (χ2n) is 7.00. The van der Waals surface area contributed by atoms with Gasteiger partial charge in [0.15, 0.2) is 5.96 Å². The second kappa shape index (κ2) is 8.41. The number of hydrogen-bond acceptors (Lipinski definition) is 3. The maximum absolute atomic E-state index is 13.5. The Kier molecular flexibility index (Phi) is 6.23. The maximum Gasteiger partial charge on any atom is 0.193 e. The van der Waals surface area contributed by atoms with Crippen molar-refractivity contribution < 1.29 is 9.50 Å². The molecule has 1 aromatic carbocycles. The zero-order valence-electron chi connectivity index (χ0n) is 14.9. The third-order valence-corrected chi connectivity index (χ3v) is 6.79. The molecule has 25 heavy (non-hydrogen) atoms. The molecule has 3 rings (SSSR count). The van der Waals surface area contributed by atoms with Gasteiger partial charge in [0.1, 0.15) is 5.82 Å². The van der Waals surface area contributed by atoms with Crippen molar-refractivity contribution in [2.45, 2.75) is 50.0 Å². The number of halogens is 1. The number of nitrogens with one attached hydrogen (secondary N) is 1. The van der Waals surface area contributed by atoms with Gasteiger partial charge in [0.2, 0.25) is 0 Å². The van der Waals surface area contributed by atoms with Crippen molar-refractivity contribution in [3.05, 3.63) is 35.1 Å². The van der Waals surface area contributed by atoms with Crippen LogP contribution in [0.2, 0.25) is 0 Å². The van der Waals surface area contributed by atoms with Gasteiger partial charge in [0, 0.05) is 42.7 Å². The average molecular weight is 366 g/mol. The van der Waals surface area contributed by atoms with E-state index in [1.54, 1.807) is 12.1 Å². The summed E-state index contributed by atoms with van der Waals surface area (Å²) in [6, 6.07) is 4.88. The molecule has 1 heterocycles. The maximum atomic E-state index is 13.5. The molecule has 0 aromatic heterocycles. The monoisotopic (exact) mass is 365 g/mol. The number of aliphatic imine (C=N–C) groups is 1. The molecule has 1 saturated carbocycles. The number of aliphatic hydroxyl groups is 1. The molecule has 138 valence electrons. The van der Waals surface area contributed by atoms with Gasteiger partial charge in [0.25, 0.3) is 0 Å². The highest BCUT2D eigenvalue weighted by molar-refractivity contribution is 8.00. The Hall–Kier alpha value is -1.27. The van der Waals surface area contributed by atoms with Gasteiger partial charge in [-0.25, -0.2) is 4.39 Å². The smallest absolute Gasteiger partial charge is 0.193 e. The van der Waals surface area contributed by atoms with Crippen LogP contribution in [0.5, 0.6) is 0 Å². The zero-order chi connectivity index (χ0) is 17.7. The number of rotatable bonds is 3. The summed E-state index contributed by atoms with van der Waals surface area (Å²) in [6.07, 6.45) is 6.66. The highest BCUT2D eigenvalue weighted by Crippen LogP contribution is 2.42. The quantitative estimate of drug-likeness (QED) is 0.638. The Morgan fingerprint density at radius 2 is 2.16 bits per heavy atom.